The van der Waals surface area contributed by atoms with Gasteiger partial charge in [0.2, 0.25) is 0 Å². The van der Waals surface area contributed by atoms with E-state index in [1.807, 2.05) is 24.3 Å². The molecule has 160 valence electrons. The number of phosphoric acid groups is 1. The van der Waals surface area contributed by atoms with E-state index >= 15 is 0 Å². The molecule has 1 N–H and O–H groups in total. The molecule has 0 aliphatic rings. The van der Waals surface area contributed by atoms with E-state index in [2.05, 4.69) is 13.8 Å². The van der Waals surface area contributed by atoms with Crippen LogP contribution in [0.25, 0.3) is 0 Å². The number of rotatable bonds is 14. The molecule has 0 fully saturated rings. The normalized spacial score (nSPS) is 11.4. The molecule has 2 rings (SSSR count). The second-order valence-electron chi connectivity index (χ2n) is 7.56. The molecule has 0 aliphatic carbocycles. The Labute approximate surface area is 175 Å². The van der Waals surface area contributed by atoms with Gasteiger partial charge in [-0.1, -0.05) is 76.6 Å². The summed E-state index contributed by atoms with van der Waals surface area (Å²) in [5, 5.41) is 0. The average molecular weight is 419 g/mol. The van der Waals surface area contributed by atoms with Gasteiger partial charge in [0.15, 0.2) is 0 Å². The summed E-state index contributed by atoms with van der Waals surface area (Å²) in [5.74, 6) is 0.668. The third kappa shape index (κ3) is 9.51. The first-order valence-corrected chi connectivity index (χ1v) is 12.4. The van der Waals surface area contributed by atoms with Crippen LogP contribution in [0.5, 0.6) is 11.5 Å². The van der Waals surface area contributed by atoms with Crippen LogP contribution >= 0.6 is 7.82 Å². The SMILES string of the molecule is CCCCCCc1ccc(OP(=O)(O)Oc2ccc(CCCCCC)cc2)cc1. The zero-order valence-electron chi connectivity index (χ0n) is 17.8. The summed E-state index contributed by atoms with van der Waals surface area (Å²) < 4.78 is 22.8. The van der Waals surface area contributed by atoms with E-state index in [4.69, 9.17) is 9.05 Å². The lowest BCUT2D eigenvalue weighted by Gasteiger charge is -2.14. The Morgan fingerprint density at radius 1 is 0.655 bits per heavy atom. The smallest absolute Gasteiger partial charge is 0.395 e. The lowest BCUT2D eigenvalue weighted by Crippen LogP contribution is -2.00. The van der Waals surface area contributed by atoms with Crippen LogP contribution in [0.4, 0.5) is 0 Å². The van der Waals surface area contributed by atoms with Crippen molar-refractivity contribution < 1.29 is 18.5 Å². The summed E-state index contributed by atoms with van der Waals surface area (Å²) >= 11 is 0. The maximum Gasteiger partial charge on any atom is 0.584 e. The highest BCUT2D eigenvalue weighted by Crippen LogP contribution is 2.44. The van der Waals surface area contributed by atoms with Gasteiger partial charge >= 0.3 is 7.82 Å². The van der Waals surface area contributed by atoms with E-state index in [0.717, 1.165) is 25.7 Å². The van der Waals surface area contributed by atoms with Crippen LogP contribution in [0.2, 0.25) is 0 Å². The maximum atomic E-state index is 12.3. The van der Waals surface area contributed by atoms with E-state index in [-0.39, 0.29) is 0 Å². The van der Waals surface area contributed by atoms with Crippen LogP contribution in [-0.2, 0) is 17.4 Å². The average Bonchev–Trinajstić information content (AvgIpc) is 2.70. The van der Waals surface area contributed by atoms with Gasteiger partial charge < -0.3 is 9.05 Å². The fourth-order valence-corrected chi connectivity index (χ4v) is 4.04. The van der Waals surface area contributed by atoms with Gasteiger partial charge in [0.25, 0.3) is 0 Å². The van der Waals surface area contributed by atoms with Gasteiger partial charge in [0.05, 0.1) is 0 Å². The third-order valence-corrected chi connectivity index (χ3v) is 5.81. The largest absolute Gasteiger partial charge is 0.584 e. The van der Waals surface area contributed by atoms with Gasteiger partial charge in [-0.2, -0.15) is 0 Å². The second-order valence-corrected chi connectivity index (χ2v) is 8.86. The number of phosphoric ester groups is 1. The predicted octanol–water partition coefficient (Wildman–Crippen LogP) is 7.49. The number of aryl methyl sites for hydroxylation is 2. The van der Waals surface area contributed by atoms with Crippen LogP contribution in [-0.4, -0.2) is 4.89 Å². The molecular formula is C24H35O4P. The molecule has 29 heavy (non-hydrogen) atoms. The Balaban J connectivity index is 1.82. The molecule has 0 aromatic heterocycles. The maximum absolute atomic E-state index is 12.3. The molecule has 0 spiro atoms. The molecule has 2 aromatic rings. The number of hydrogen-bond acceptors (Lipinski definition) is 3. The standard InChI is InChI=1S/C24H35O4P/c1-3-5-7-9-11-21-13-17-23(18-14-21)27-29(25,26)28-24-19-15-22(16-20-24)12-10-8-6-4-2/h13-20H,3-12H2,1-2H3,(H,25,26). The van der Waals surface area contributed by atoms with Gasteiger partial charge in [0, 0.05) is 0 Å². The first-order valence-electron chi connectivity index (χ1n) is 10.9. The summed E-state index contributed by atoms with van der Waals surface area (Å²) in [6.45, 7) is 4.40. The summed E-state index contributed by atoms with van der Waals surface area (Å²) in [6, 6.07) is 14.6. The van der Waals surface area contributed by atoms with Gasteiger partial charge in [-0.15, -0.1) is 0 Å². The van der Waals surface area contributed by atoms with Crippen molar-refractivity contribution in [3.05, 3.63) is 59.7 Å². The zero-order chi connectivity index (χ0) is 21.0. The van der Waals surface area contributed by atoms with Crippen LogP contribution in [0, 0.1) is 0 Å². The van der Waals surface area contributed by atoms with Crippen molar-refractivity contribution in [1.82, 2.24) is 0 Å². The highest BCUT2D eigenvalue weighted by Gasteiger charge is 2.25. The van der Waals surface area contributed by atoms with Crippen molar-refractivity contribution in [2.45, 2.75) is 78.1 Å². The lowest BCUT2D eigenvalue weighted by atomic mass is 10.1. The monoisotopic (exact) mass is 418 g/mol. The Hall–Kier alpha value is -1.77. The minimum absolute atomic E-state index is 0.334. The molecule has 0 unspecified atom stereocenters. The molecule has 0 atom stereocenters. The predicted molar refractivity (Wildman–Crippen MR) is 120 cm³/mol. The van der Waals surface area contributed by atoms with Gasteiger partial charge in [-0.25, -0.2) is 4.57 Å². The number of unbranched alkanes of at least 4 members (excludes halogenated alkanes) is 6. The van der Waals surface area contributed by atoms with Crippen molar-refractivity contribution in [1.29, 1.82) is 0 Å². The highest BCUT2D eigenvalue weighted by molar-refractivity contribution is 7.48. The summed E-state index contributed by atoms with van der Waals surface area (Å²) in [6.07, 6.45) is 11.8. The Morgan fingerprint density at radius 3 is 1.38 bits per heavy atom. The van der Waals surface area contributed by atoms with Gasteiger partial charge in [0.1, 0.15) is 11.5 Å². The molecule has 2 aromatic carbocycles. The molecular weight excluding hydrogens is 383 g/mol. The molecule has 0 saturated heterocycles. The van der Waals surface area contributed by atoms with E-state index in [1.165, 1.54) is 49.7 Å². The van der Waals surface area contributed by atoms with Crippen LogP contribution in [0.15, 0.2) is 48.5 Å². The van der Waals surface area contributed by atoms with Crippen molar-refractivity contribution >= 4 is 7.82 Å². The first-order chi connectivity index (χ1) is 14.0. The highest BCUT2D eigenvalue weighted by atomic mass is 31.2. The van der Waals surface area contributed by atoms with Crippen LogP contribution in [0.1, 0.15) is 76.3 Å². The third-order valence-electron chi connectivity index (χ3n) is 4.93. The quantitative estimate of drug-likeness (QED) is 0.255. The minimum Gasteiger partial charge on any atom is -0.395 e. The second kappa shape index (κ2) is 12.7. The molecule has 0 radical (unpaired) electrons. The van der Waals surface area contributed by atoms with Crippen molar-refractivity contribution in [2.75, 3.05) is 0 Å². The zero-order valence-corrected chi connectivity index (χ0v) is 18.7. The van der Waals surface area contributed by atoms with Crippen molar-refractivity contribution in [2.24, 2.45) is 0 Å². The molecule has 0 saturated carbocycles. The molecule has 0 amide bonds. The molecule has 0 aliphatic heterocycles. The van der Waals surface area contributed by atoms with E-state index in [9.17, 15) is 9.46 Å². The Bertz CT molecular complexity index is 679. The first kappa shape index (κ1) is 23.5. The lowest BCUT2D eigenvalue weighted by molar-refractivity contribution is 0.291. The molecule has 4 nitrogen and oxygen atoms in total. The van der Waals surface area contributed by atoms with Crippen LogP contribution < -0.4 is 9.05 Å². The van der Waals surface area contributed by atoms with Crippen LogP contribution in [0.3, 0.4) is 0 Å². The Morgan fingerprint density at radius 2 is 1.03 bits per heavy atom. The van der Waals surface area contributed by atoms with E-state index in [1.54, 1.807) is 24.3 Å². The van der Waals surface area contributed by atoms with Gasteiger partial charge in [-0.3, -0.25) is 4.89 Å². The number of benzene rings is 2. The molecule has 5 heteroatoms. The summed E-state index contributed by atoms with van der Waals surface area (Å²) in [4.78, 5) is 10.1. The van der Waals surface area contributed by atoms with E-state index in [0.29, 0.717) is 11.5 Å². The summed E-state index contributed by atoms with van der Waals surface area (Å²) in [5.41, 5.74) is 2.41. The van der Waals surface area contributed by atoms with Crippen molar-refractivity contribution in [3.63, 3.8) is 0 Å². The summed E-state index contributed by atoms with van der Waals surface area (Å²) in [7, 11) is -4.23. The van der Waals surface area contributed by atoms with E-state index < -0.39 is 7.82 Å². The minimum atomic E-state index is -4.23. The number of hydrogen-bond donors (Lipinski definition) is 1. The molecule has 0 heterocycles. The fourth-order valence-electron chi connectivity index (χ4n) is 3.23. The molecule has 0 bridgehead atoms. The van der Waals surface area contributed by atoms with Crippen molar-refractivity contribution in [3.8, 4) is 11.5 Å². The fraction of sp³-hybridized carbons (Fsp3) is 0.500. The Kier molecular flexibility index (Phi) is 10.3. The van der Waals surface area contributed by atoms with Gasteiger partial charge in [-0.05, 0) is 61.1 Å². The topological polar surface area (TPSA) is 55.8 Å².